The van der Waals surface area contributed by atoms with E-state index in [1.54, 1.807) is 19.0 Å². The maximum atomic E-state index is 11.7. The van der Waals surface area contributed by atoms with Gasteiger partial charge in [-0.05, 0) is 24.3 Å². The minimum Gasteiger partial charge on any atom is -0.348 e. The van der Waals surface area contributed by atoms with Crippen molar-refractivity contribution in [3.8, 4) is 11.4 Å². The Morgan fingerprint density at radius 3 is 2.46 bits per heavy atom. The molecule has 2 aromatic rings. The molecule has 8 heteroatoms. The summed E-state index contributed by atoms with van der Waals surface area (Å²) >= 11 is 1.35. The molecule has 0 spiro atoms. The van der Waals surface area contributed by atoms with E-state index < -0.39 is 0 Å². The number of hydrogen-bond acceptors (Lipinski definition) is 5. The molecule has 0 aliphatic carbocycles. The molecular weight excluding hydrogens is 326 g/mol. The van der Waals surface area contributed by atoms with E-state index in [1.807, 2.05) is 42.8 Å². The summed E-state index contributed by atoms with van der Waals surface area (Å²) in [5, 5.41) is 11.8. The predicted molar refractivity (Wildman–Crippen MR) is 94.8 cm³/mol. The van der Waals surface area contributed by atoms with Crippen molar-refractivity contribution < 1.29 is 9.59 Å². The second-order valence-corrected chi connectivity index (χ2v) is 6.36. The third kappa shape index (κ3) is 4.35. The standard InChI is InChI=1S/C16H21N5O2S/c1-5-13(22)17-12-8-6-11(7-9-12)15-18-19-16(21(15)4)24-10-14(23)20(2)3/h6-9H,5,10H2,1-4H3,(H,17,22). The fourth-order valence-corrected chi connectivity index (χ4v) is 2.79. The van der Waals surface area contributed by atoms with E-state index >= 15 is 0 Å². The summed E-state index contributed by atoms with van der Waals surface area (Å²) in [7, 11) is 5.32. The molecule has 1 heterocycles. The van der Waals surface area contributed by atoms with Gasteiger partial charge in [-0.2, -0.15) is 0 Å². The van der Waals surface area contributed by atoms with Gasteiger partial charge < -0.3 is 14.8 Å². The first-order chi connectivity index (χ1) is 11.4. The van der Waals surface area contributed by atoms with Crippen molar-refractivity contribution in [2.75, 3.05) is 25.2 Å². The van der Waals surface area contributed by atoms with Crippen LogP contribution in [0.4, 0.5) is 5.69 Å². The molecule has 0 aliphatic rings. The van der Waals surface area contributed by atoms with Crippen LogP contribution < -0.4 is 5.32 Å². The highest BCUT2D eigenvalue weighted by Gasteiger charge is 2.13. The second-order valence-electron chi connectivity index (χ2n) is 5.42. The number of anilines is 1. The number of nitrogens with one attached hydrogen (secondary N) is 1. The first-order valence-electron chi connectivity index (χ1n) is 7.55. The second kappa shape index (κ2) is 7.96. The Hall–Kier alpha value is -2.35. The lowest BCUT2D eigenvalue weighted by molar-refractivity contribution is -0.125. The molecule has 1 aromatic carbocycles. The van der Waals surface area contributed by atoms with Gasteiger partial charge in [0, 0.05) is 38.8 Å². The Bertz CT molecular complexity index is 725. The number of hydrogen-bond donors (Lipinski definition) is 1. The fraction of sp³-hybridized carbons (Fsp3) is 0.375. The van der Waals surface area contributed by atoms with Crippen molar-refractivity contribution in [2.45, 2.75) is 18.5 Å². The van der Waals surface area contributed by atoms with Crippen molar-refractivity contribution in [3.05, 3.63) is 24.3 Å². The molecule has 0 radical (unpaired) electrons. The summed E-state index contributed by atoms with van der Waals surface area (Å²) in [5.74, 6) is 1.04. The number of benzene rings is 1. The predicted octanol–water partition coefficient (Wildman–Crippen LogP) is 2.01. The van der Waals surface area contributed by atoms with Crippen LogP contribution in [-0.2, 0) is 16.6 Å². The Labute approximate surface area is 145 Å². The highest BCUT2D eigenvalue weighted by molar-refractivity contribution is 7.99. The maximum Gasteiger partial charge on any atom is 0.232 e. The van der Waals surface area contributed by atoms with E-state index in [9.17, 15) is 9.59 Å². The zero-order valence-corrected chi connectivity index (χ0v) is 15.1. The van der Waals surface area contributed by atoms with Gasteiger partial charge in [0.05, 0.1) is 5.75 Å². The summed E-state index contributed by atoms with van der Waals surface area (Å²) < 4.78 is 1.85. The first-order valence-corrected chi connectivity index (χ1v) is 8.53. The highest BCUT2D eigenvalue weighted by atomic mass is 32.2. The van der Waals surface area contributed by atoms with Gasteiger partial charge in [0.25, 0.3) is 0 Å². The van der Waals surface area contributed by atoms with E-state index in [0.717, 1.165) is 11.3 Å². The molecule has 0 saturated heterocycles. The van der Waals surface area contributed by atoms with Crippen LogP contribution in [0, 0.1) is 0 Å². The number of amides is 2. The fourth-order valence-electron chi connectivity index (χ4n) is 1.90. The van der Waals surface area contributed by atoms with Crippen LogP contribution in [-0.4, -0.2) is 51.3 Å². The number of aromatic nitrogens is 3. The van der Waals surface area contributed by atoms with Gasteiger partial charge in [-0.15, -0.1) is 10.2 Å². The van der Waals surface area contributed by atoms with Crippen molar-refractivity contribution in [1.29, 1.82) is 0 Å². The Kier molecular flexibility index (Phi) is 5.97. The lowest BCUT2D eigenvalue weighted by Crippen LogP contribution is -2.23. The molecule has 1 aromatic heterocycles. The molecule has 24 heavy (non-hydrogen) atoms. The number of carbonyl (C=O) groups is 2. The molecule has 2 amide bonds. The van der Waals surface area contributed by atoms with Crippen molar-refractivity contribution >= 4 is 29.3 Å². The summed E-state index contributed by atoms with van der Waals surface area (Å²) in [4.78, 5) is 24.6. The van der Waals surface area contributed by atoms with Gasteiger partial charge in [-0.1, -0.05) is 18.7 Å². The monoisotopic (exact) mass is 347 g/mol. The van der Waals surface area contributed by atoms with Crippen molar-refractivity contribution in [2.24, 2.45) is 7.05 Å². The first kappa shape index (κ1) is 18.0. The van der Waals surface area contributed by atoms with Crippen LogP contribution in [0.1, 0.15) is 13.3 Å². The smallest absolute Gasteiger partial charge is 0.232 e. The molecule has 1 N–H and O–H groups in total. The van der Waals surface area contributed by atoms with E-state index in [-0.39, 0.29) is 11.8 Å². The summed E-state index contributed by atoms with van der Waals surface area (Å²) in [6.07, 6.45) is 0.442. The SMILES string of the molecule is CCC(=O)Nc1ccc(-c2nnc(SCC(=O)N(C)C)n2C)cc1. The normalized spacial score (nSPS) is 10.5. The molecule has 7 nitrogen and oxygen atoms in total. The Morgan fingerprint density at radius 2 is 1.88 bits per heavy atom. The topological polar surface area (TPSA) is 80.1 Å². The quantitative estimate of drug-likeness (QED) is 0.809. The van der Waals surface area contributed by atoms with Gasteiger partial charge >= 0.3 is 0 Å². The lowest BCUT2D eigenvalue weighted by Gasteiger charge is -2.09. The molecule has 0 unspecified atom stereocenters. The van der Waals surface area contributed by atoms with Crippen LogP contribution >= 0.6 is 11.8 Å². The van der Waals surface area contributed by atoms with Crippen LogP contribution in [0.25, 0.3) is 11.4 Å². The maximum absolute atomic E-state index is 11.7. The summed E-state index contributed by atoms with van der Waals surface area (Å²) in [6, 6.07) is 7.43. The zero-order valence-electron chi connectivity index (χ0n) is 14.2. The Morgan fingerprint density at radius 1 is 1.21 bits per heavy atom. The molecular formula is C16H21N5O2S. The third-order valence-corrected chi connectivity index (χ3v) is 4.41. The minimum absolute atomic E-state index is 0.0225. The molecule has 0 atom stereocenters. The van der Waals surface area contributed by atoms with Crippen LogP contribution in [0.5, 0.6) is 0 Å². The van der Waals surface area contributed by atoms with Crippen molar-refractivity contribution in [3.63, 3.8) is 0 Å². The average Bonchev–Trinajstić information content (AvgIpc) is 2.94. The van der Waals surface area contributed by atoms with Crippen LogP contribution in [0.3, 0.4) is 0 Å². The number of carbonyl (C=O) groups excluding carboxylic acids is 2. The van der Waals surface area contributed by atoms with Crippen molar-refractivity contribution in [1.82, 2.24) is 19.7 Å². The van der Waals surface area contributed by atoms with Gasteiger partial charge in [-0.3, -0.25) is 9.59 Å². The number of rotatable bonds is 6. The summed E-state index contributed by atoms with van der Waals surface area (Å²) in [5.41, 5.74) is 1.64. The highest BCUT2D eigenvalue weighted by Crippen LogP contribution is 2.24. The van der Waals surface area contributed by atoms with E-state index in [4.69, 9.17) is 0 Å². The average molecular weight is 347 g/mol. The van der Waals surface area contributed by atoms with Gasteiger partial charge in [-0.25, -0.2) is 0 Å². The third-order valence-electron chi connectivity index (χ3n) is 3.41. The zero-order chi connectivity index (χ0) is 17.7. The van der Waals surface area contributed by atoms with E-state index in [2.05, 4.69) is 15.5 Å². The minimum atomic E-state index is -0.0225. The van der Waals surface area contributed by atoms with Gasteiger partial charge in [0.2, 0.25) is 11.8 Å². The number of nitrogens with zero attached hydrogens (tertiary/aromatic N) is 4. The summed E-state index contributed by atoms with van der Waals surface area (Å²) in [6.45, 7) is 1.81. The van der Waals surface area contributed by atoms with Gasteiger partial charge in [0.1, 0.15) is 0 Å². The molecule has 0 bridgehead atoms. The molecule has 2 rings (SSSR count). The van der Waals surface area contributed by atoms with E-state index in [0.29, 0.717) is 23.2 Å². The van der Waals surface area contributed by atoms with Crippen LogP contribution in [0.2, 0.25) is 0 Å². The lowest BCUT2D eigenvalue weighted by atomic mass is 10.2. The molecule has 0 aliphatic heterocycles. The van der Waals surface area contributed by atoms with Gasteiger partial charge in [0.15, 0.2) is 11.0 Å². The van der Waals surface area contributed by atoms with E-state index in [1.165, 1.54) is 11.8 Å². The largest absolute Gasteiger partial charge is 0.348 e. The molecule has 128 valence electrons. The number of thioether (sulfide) groups is 1. The Balaban J connectivity index is 2.10. The molecule has 0 saturated carbocycles. The van der Waals surface area contributed by atoms with Crippen LogP contribution in [0.15, 0.2) is 29.4 Å². The molecule has 0 fully saturated rings.